The van der Waals surface area contributed by atoms with Crippen LogP contribution in [0.15, 0.2) is 24.5 Å². The Bertz CT molecular complexity index is 983. The molecule has 1 aliphatic carbocycles. The van der Waals surface area contributed by atoms with Crippen LogP contribution in [0.1, 0.15) is 23.7 Å². The molecule has 13 nitrogen and oxygen atoms in total. The summed E-state index contributed by atoms with van der Waals surface area (Å²) in [6, 6.07) is 2.60. The van der Waals surface area contributed by atoms with Gasteiger partial charge in [-0.25, -0.2) is 4.79 Å². The van der Waals surface area contributed by atoms with E-state index in [1.54, 1.807) is 6.08 Å². The zero-order valence-corrected chi connectivity index (χ0v) is 20.5. The summed E-state index contributed by atoms with van der Waals surface area (Å²) in [5.74, 6) is -2.34. The number of carbonyl (C=O) groups excluding carboxylic acids is 1. The molecule has 206 valence electrons. The van der Waals surface area contributed by atoms with E-state index in [4.69, 9.17) is 28.4 Å². The molecule has 0 radical (unpaired) electrons. The van der Waals surface area contributed by atoms with Crippen molar-refractivity contribution in [1.82, 2.24) is 0 Å². The molecule has 1 saturated carbocycles. The molecule has 4 rings (SSSR count). The molecule has 2 heterocycles. The highest BCUT2D eigenvalue weighted by Gasteiger charge is 2.58. The van der Waals surface area contributed by atoms with Gasteiger partial charge in [0.25, 0.3) is 0 Å². The number of benzene rings is 1. The molecule has 6 N–H and O–H groups in total. The van der Waals surface area contributed by atoms with Crippen LogP contribution < -0.4 is 9.47 Å². The Kier molecular flexibility index (Phi) is 7.85. The largest absolute Gasteiger partial charge is 0.502 e. The minimum atomic E-state index is -1.66. The topological polar surface area (TPSA) is 194 Å². The van der Waals surface area contributed by atoms with Gasteiger partial charge in [0.05, 0.1) is 44.2 Å². The van der Waals surface area contributed by atoms with Crippen LogP contribution in [0.25, 0.3) is 0 Å². The second kappa shape index (κ2) is 10.6. The maximum atomic E-state index is 13.0. The van der Waals surface area contributed by atoms with Crippen molar-refractivity contribution in [3.63, 3.8) is 0 Å². The number of aromatic hydroxyl groups is 1. The van der Waals surface area contributed by atoms with E-state index >= 15 is 0 Å². The van der Waals surface area contributed by atoms with Gasteiger partial charge in [0.15, 0.2) is 17.8 Å². The number of phenolic OH excluding ortho intramolecular Hbond substituents is 1. The maximum Gasteiger partial charge on any atom is 0.338 e. The number of carbonyl (C=O) groups is 1. The van der Waals surface area contributed by atoms with Crippen LogP contribution in [0, 0.1) is 11.8 Å². The predicted molar refractivity (Wildman–Crippen MR) is 122 cm³/mol. The summed E-state index contributed by atoms with van der Waals surface area (Å²) in [6.07, 6.45) is -6.59. The fourth-order valence-corrected chi connectivity index (χ4v) is 5.11. The Morgan fingerprint density at radius 1 is 1.08 bits per heavy atom. The van der Waals surface area contributed by atoms with Gasteiger partial charge >= 0.3 is 5.97 Å². The second-order valence-corrected chi connectivity index (χ2v) is 9.50. The van der Waals surface area contributed by atoms with Gasteiger partial charge in [0.2, 0.25) is 12.0 Å². The summed E-state index contributed by atoms with van der Waals surface area (Å²) >= 11 is 0. The van der Waals surface area contributed by atoms with Crippen molar-refractivity contribution >= 4 is 5.97 Å². The third kappa shape index (κ3) is 5.08. The molecule has 0 aromatic heterocycles. The summed E-state index contributed by atoms with van der Waals surface area (Å²) in [6.45, 7) is 0.891. The average Bonchev–Trinajstić information content (AvgIpc) is 3.14. The molecule has 0 spiro atoms. The minimum absolute atomic E-state index is 0.0153. The first-order valence-electron chi connectivity index (χ1n) is 11.7. The lowest BCUT2D eigenvalue weighted by atomic mass is 9.85. The first-order valence-corrected chi connectivity index (χ1v) is 11.7. The lowest BCUT2D eigenvalue weighted by molar-refractivity contribution is -0.346. The number of hydrogen-bond donors (Lipinski definition) is 6. The van der Waals surface area contributed by atoms with Gasteiger partial charge in [-0.05, 0) is 25.1 Å². The summed E-state index contributed by atoms with van der Waals surface area (Å²) in [5.41, 5.74) is -1.40. The van der Waals surface area contributed by atoms with Gasteiger partial charge in [-0.1, -0.05) is 0 Å². The van der Waals surface area contributed by atoms with Crippen molar-refractivity contribution in [3.05, 3.63) is 30.0 Å². The van der Waals surface area contributed by atoms with Crippen molar-refractivity contribution in [3.8, 4) is 17.2 Å². The minimum Gasteiger partial charge on any atom is -0.502 e. The Balaban J connectivity index is 1.52. The number of aliphatic hydroxyl groups excluding tert-OH is 4. The van der Waals surface area contributed by atoms with Crippen molar-refractivity contribution in [2.75, 3.05) is 20.8 Å². The molecule has 1 saturated heterocycles. The van der Waals surface area contributed by atoms with E-state index < -0.39 is 73.1 Å². The first-order chi connectivity index (χ1) is 17.5. The van der Waals surface area contributed by atoms with Crippen LogP contribution in [0.4, 0.5) is 0 Å². The highest BCUT2D eigenvalue weighted by molar-refractivity contribution is 5.91. The van der Waals surface area contributed by atoms with Crippen molar-refractivity contribution in [2.24, 2.45) is 11.8 Å². The molecule has 37 heavy (non-hydrogen) atoms. The van der Waals surface area contributed by atoms with Crippen molar-refractivity contribution in [2.45, 2.75) is 62.0 Å². The third-order valence-corrected chi connectivity index (χ3v) is 7.07. The smallest absolute Gasteiger partial charge is 0.338 e. The normalized spacial score (nSPS) is 39.0. The molecule has 1 aromatic rings. The Morgan fingerprint density at radius 3 is 2.32 bits per heavy atom. The molecule has 1 aromatic carbocycles. The second-order valence-electron chi connectivity index (χ2n) is 9.50. The number of aliphatic hydroxyl groups is 5. The number of esters is 1. The van der Waals surface area contributed by atoms with Gasteiger partial charge in [0.1, 0.15) is 30.5 Å². The van der Waals surface area contributed by atoms with E-state index in [0.717, 1.165) is 0 Å². The van der Waals surface area contributed by atoms with Gasteiger partial charge < -0.3 is 59.1 Å². The summed E-state index contributed by atoms with van der Waals surface area (Å²) in [4.78, 5) is 13.0. The number of methoxy groups -OCH3 is 2. The van der Waals surface area contributed by atoms with E-state index in [1.165, 1.54) is 39.5 Å². The van der Waals surface area contributed by atoms with E-state index in [0.29, 0.717) is 0 Å². The Morgan fingerprint density at radius 2 is 1.73 bits per heavy atom. The number of phenols is 1. The number of hydrogen-bond acceptors (Lipinski definition) is 13. The van der Waals surface area contributed by atoms with Gasteiger partial charge in [-0.2, -0.15) is 0 Å². The van der Waals surface area contributed by atoms with E-state index in [9.17, 15) is 35.4 Å². The van der Waals surface area contributed by atoms with Crippen LogP contribution in [0.5, 0.6) is 17.2 Å². The molecule has 0 amide bonds. The summed E-state index contributed by atoms with van der Waals surface area (Å²) in [7, 11) is 2.65. The molecule has 2 aliphatic heterocycles. The lowest BCUT2D eigenvalue weighted by Gasteiger charge is -2.43. The maximum absolute atomic E-state index is 13.0. The first kappa shape index (κ1) is 27.4. The molecular formula is C24H32O13. The quantitative estimate of drug-likeness (QED) is 0.236. The molecule has 9 unspecified atom stereocenters. The van der Waals surface area contributed by atoms with E-state index in [1.807, 2.05) is 0 Å². The fraction of sp³-hybridized carbons (Fsp3) is 0.625. The van der Waals surface area contributed by atoms with Crippen molar-refractivity contribution in [1.29, 1.82) is 0 Å². The van der Waals surface area contributed by atoms with Crippen LogP contribution >= 0.6 is 0 Å². The summed E-state index contributed by atoms with van der Waals surface area (Å²) in [5, 5.41) is 61.1. The van der Waals surface area contributed by atoms with Crippen LogP contribution in [0.2, 0.25) is 0 Å². The molecule has 3 aliphatic rings. The molecule has 10 atom stereocenters. The zero-order chi connectivity index (χ0) is 27.1. The monoisotopic (exact) mass is 528 g/mol. The van der Waals surface area contributed by atoms with Crippen LogP contribution in [0.3, 0.4) is 0 Å². The van der Waals surface area contributed by atoms with Crippen LogP contribution in [-0.4, -0.2) is 106 Å². The Labute approximate surface area is 212 Å². The standard InChI is InChI=1S/C24H32O13/c1-24(31)8-14(35-21(30)10-6-12(32-2)17(26)13(7-10)33-3)11-4-5-34-22(16(11)24)37-23-20(29)19(28)18(27)15(9-25)36-23/h4-7,11,14-16,18-20,22-23,25-29,31H,8-9H2,1-3H3/t11?,14?,15?,16?,18?,19?,20?,22?,23?,24-/m0/s1. The van der Waals surface area contributed by atoms with Gasteiger partial charge in [0, 0.05) is 12.3 Å². The molecule has 13 heteroatoms. The highest BCUT2D eigenvalue weighted by Crippen LogP contribution is 2.48. The van der Waals surface area contributed by atoms with Gasteiger partial charge in [-0.15, -0.1) is 0 Å². The van der Waals surface area contributed by atoms with Crippen LogP contribution in [-0.2, 0) is 18.9 Å². The number of rotatable bonds is 7. The fourth-order valence-electron chi connectivity index (χ4n) is 5.11. The Hall–Kier alpha value is -2.65. The highest BCUT2D eigenvalue weighted by atomic mass is 16.8. The number of fused-ring (bicyclic) bond motifs is 1. The van der Waals surface area contributed by atoms with Gasteiger partial charge in [-0.3, -0.25) is 0 Å². The SMILES string of the molecule is COc1cc(C(=O)OC2C[C@](C)(O)C3C(OC4OC(CO)C(O)C(O)C4O)OC=CC23)cc(OC)c1O. The average molecular weight is 529 g/mol. The predicted octanol–water partition coefficient (Wildman–Crippen LogP) is -0.992. The van der Waals surface area contributed by atoms with Crippen molar-refractivity contribution < 1.29 is 63.9 Å². The lowest BCUT2D eigenvalue weighted by Crippen LogP contribution is -2.60. The molecule has 2 fully saturated rings. The third-order valence-electron chi connectivity index (χ3n) is 7.07. The molecular weight excluding hydrogens is 496 g/mol. The summed E-state index contributed by atoms with van der Waals surface area (Å²) < 4.78 is 32.6. The van der Waals surface area contributed by atoms with E-state index in [2.05, 4.69) is 0 Å². The zero-order valence-electron chi connectivity index (χ0n) is 20.5. The van der Waals surface area contributed by atoms with E-state index in [-0.39, 0.29) is 29.2 Å². The number of ether oxygens (including phenoxy) is 6. The molecule has 0 bridgehead atoms.